The van der Waals surface area contributed by atoms with E-state index in [1.54, 1.807) is 18.0 Å². The smallest absolute Gasteiger partial charge is 0.257 e. The lowest BCUT2D eigenvalue weighted by atomic mass is 10.1. The first-order chi connectivity index (χ1) is 14.2. The fourth-order valence-corrected chi connectivity index (χ4v) is 5.01. The van der Waals surface area contributed by atoms with Gasteiger partial charge in [-0.2, -0.15) is 11.8 Å². The normalized spacial score (nSPS) is 25.4. The minimum Gasteiger partial charge on any atom is -0.484 e. The van der Waals surface area contributed by atoms with Crippen molar-refractivity contribution in [1.29, 1.82) is 0 Å². The Morgan fingerprint density at radius 2 is 2.07 bits per heavy atom. The van der Waals surface area contributed by atoms with Crippen molar-refractivity contribution in [1.82, 2.24) is 14.8 Å². The van der Waals surface area contributed by atoms with Gasteiger partial charge in [-0.1, -0.05) is 24.3 Å². The van der Waals surface area contributed by atoms with Crippen LogP contribution in [0.25, 0.3) is 0 Å². The number of nitrogens with zero attached hydrogens (tertiary/aromatic N) is 3. The van der Waals surface area contributed by atoms with E-state index in [0.717, 1.165) is 31.6 Å². The average Bonchev–Trinajstić information content (AvgIpc) is 3.35. The van der Waals surface area contributed by atoms with E-state index >= 15 is 0 Å². The standard InChI is InChI=1S/C22H25N3O3S/c1-29-14-21(26)25-12-17-9-18(25)11-24(17)10-15-4-6-16(7-5-15)20-13-27-19-3-2-8-23-22(19)28-20/h2-8,17-18,20H,9-14H2,1H3. The zero-order chi connectivity index (χ0) is 19.8. The Kier molecular flexibility index (Phi) is 5.09. The van der Waals surface area contributed by atoms with Gasteiger partial charge in [0.05, 0.1) is 5.75 Å². The van der Waals surface area contributed by atoms with Gasteiger partial charge in [-0.3, -0.25) is 9.69 Å². The molecule has 3 unspecified atom stereocenters. The number of pyridine rings is 1. The summed E-state index contributed by atoms with van der Waals surface area (Å²) in [5, 5.41) is 0. The first-order valence-electron chi connectivity index (χ1n) is 10.1. The van der Waals surface area contributed by atoms with Crippen molar-refractivity contribution in [3.63, 3.8) is 0 Å². The topological polar surface area (TPSA) is 54.9 Å². The molecule has 5 rings (SSSR count). The molecule has 2 bridgehead atoms. The van der Waals surface area contributed by atoms with Crippen molar-refractivity contribution in [2.24, 2.45) is 0 Å². The lowest BCUT2D eigenvalue weighted by molar-refractivity contribution is -0.130. The second-order valence-electron chi connectivity index (χ2n) is 7.92. The van der Waals surface area contributed by atoms with Crippen molar-refractivity contribution in [3.05, 3.63) is 53.7 Å². The van der Waals surface area contributed by atoms with E-state index in [1.165, 1.54) is 5.56 Å². The number of hydrogen-bond donors (Lipinski definition) is 0. The second kappa shape index (κ2) is 7.88. The number of fused-ring (bicyclic) bond motifs is 3. The van der Waals surface area contributed by atoms with Gasteiger partial charge in [-0.05, 0) is 35.9 Å². The molecule has 3 aliphatic rings. The van der Waals surface area contributed by atoms with E-state index in [-0.39, 0.29) is 6.10 Å². The van der Waals surface area contributed by atoms with E-state index in [2.05, 4.69) is 39.0 Å². The Hall–Kier alpha value is -2.25. The highest BCUT2D eigenvalue weighted by Gasteiger charge is 2.44. The number of carbonyl (C=O) groups is 1. The molecule has 1 amide bonds. The maximum Gasteiger partial charge on any atom is 0.257 e. The van der Waals surface area contributed by atoms with Crippen molar-refractivity contribution in [3.8, 4) is 11.6 Å². The molecule has 2 aromatic rings. The molecule has 3 atom stereocenters. The molecule has 29 heavy (non-hydrogen) atoms. The highest BCUT2D eigenvalue weighted by molar-refractivity contribution is 7.99. The van der Waals surface area contributed by atoms with Gasteiger partial charge < -0.3 is 14.4 Å². The van der Waals surface area contributed by atoms with Gasteiger partial charge in [0.2, 0.25) is 5.91 Å². The summed E-state index contributed by atoms with van der Waals surface area (Å²) >= 11 is 1.61. The maximum atomic E-state index is 12.2. The monoisotopic (exact) mass is 411 g/mol. The van der Waals surface area contributed by atoms with Crippen LogP contribution in [0.4, 0.5) is 0 Å². The molecule has 1 aromatic carbocycles. The van der Waals surface area contributed by atoms with E-state index < -0.39 is 0 Å². The summed E-state index contributed by atoms with van der Waals surface area (Å²) in [5.41, 5.74) is 2.39. The Balaban J connectivity index is 1.19. The third kappa shape index (κ3) is 3.69. The quantitative estimate of drug-likeness (QED) is 0.754. The van der Waals surface area contributed by atoms with Crippen LogP contribution >= 0.6 is 11.8 Å². The Labute approximate surface area is 175 Å². The zero-order valence-electron chi connectivity index (χ0n) is 16.5. The molecule has 152 valence electrons. The SMILES string of the molecule is CSCC(=O)N1CC2CC1CN2Cc1ccc(C2COc3cccnc3O2)cc1. The Morgan fingerprint density at radius 1 is 1.21 bits per heavy atom. The van der Waals surface area contributed by atoms with Crippen LogP contribution in [0, 0.1) is 0 Å². The van der Waals surface area contributed by atoms with Gasteiger partial charge in [0.15, 0.2) is 11.9 Å². The molecule has 2 fully saturated rings. The molecule has 0 aliphatic carbocycles. The van der Waals surface area contributed by atoms with Crippen molar-refractivity contribution in [2.45, 2.75) is 31.2 Å². The number of rotatable bonds is 5. The van der Waals surface area contributed by atoms with E-state index in [9.17, 15) is 4.79 Å². The van der Waals surface area contributed by atoms with Crippen LogP contribution < -0.4 is 9.47 Å². The van der Waals surface area contributed by atoms with Crippen LogP contribution in [-0.4, -0.2) is 64.5 Å². The van der Waals surface area contributed by atoms with Crippen molar-refractivity contribution < 1.29 is 14.3 Å². The Morgan fingerprint density at radius 3 is 2.83 bits per heavy atom. The molecule has 4 heterocycles. The van der Waals surface area contributed by atoms with Gasteiger partial charge in [0, 0.05) is 37.9 Å². The number of ether oxygens (including phenoxy) is 2. The van der Waals surface area contributed by atoms with E-state index in [1.807, 2.05) is 18.4 Å². The highest BCUT2D eigenvalue weighted by Crippen LogP contribution is 2.35. The van der Waals surface area contributed by atoms with Gasteiger partial charge in [0.25, 0.3) is 5.88 Å². The molecule has 0 spiro atoms. The van der Waals surface area contributed by atoms with Crippen LogP contribution in [0.3, 0.4) is 0 Å². The predicted molar refractivity (Wildman–Crippen MR) is 112 cm³/mol. The van der Waals surface area contributed by atoms with Crippen molar-refractivity contribution in [2.75, 3.05) is 31.7 Å². The molecule has 2 saturated heterocycles. The zero-order valence-corrected chi connectivity index (χ0v) is 17.3. The van der Waals surface area contributed by atoms with Crippen LogP contribution in [0.1, 0.15) is 23.7 Å². The molecule has 0 N–H and O–H groups in total. The molecular weight excluding hydrogens is 386 g/mol. The lowest BCUT2D eigenvalue weighted by Crippen LogP contribution is -2.48. The minimum atomic E-state index is -0.134. The van der Waals surface area contributed by atoms with Crippen molar-refractivity contribution >= 4 is 17.7 Å². The molecular formula is C22H25N3O3S. The number of piperazine rings is 1. The van der Waals surface area contributed by atoms with E-state index in [0.29, 0.717) is 42.0 Å². The highest BCUT2D eigenvalue weighted by atomic mass is 32.2. The predicted octanol–water partition coefficient (Wildman–Crippen LogP) is 2.74. The second-order valence-corrected chi connectivity index (χ2v) is 8.78. The van der Waals surface area contributed by atoms with Gasteiger partial charge in [0.1, 0.15) is 6.61 Å². The van der Waals surface area contributed by atoms with Crippen LogP contribution in [0.2, 0.25) is 0 Å². The summed E-state index contributed by atoms with van der Waals surface area (Å²) < 4.78 is 11.8. The molecule has 7 heteroatoms. The first kappa shape index (κ1) is 18.8. The summed E-state index contributed by atoms with van der Waals surface area (Å²) in [6.45, 7) is 3.28. The molecule has 3 aliphatic heterocycles. The van der Waals surface area contributed by atoms with Crippen LogP contribution in [-0.2, 0) is 11.3 Å². The number of hydrogen-bond acceptors (Lipinski definition) is 6. The van der Waals surface area contributed by atoms with Crippen LogP contribution in [0.15, 0.2) is 42.6 Å². The largest absolute Gasteiger partial charge is 0.484 e. The minimum absolute atomic E-state index is 0.134. The van der Waals surface area contributed by atoms with Gasteiger partial charge in [-0.25, -0.2) is 4.98 Å². The fraction of sp³-hybridized carbons (Fsp3) is 0.455. The molecule has 0 radical (unpaired) electrons. The molecule has 1 aromatic heterocycles. The van der Waals surface area contributed by atoms with Gasteiger partial charge >= 0.3 is 0 Å². The number of amides is 1. The average molecular weight is 412 g/mol. The lowest BCUT2D eigenvalue weighted by Gasteiger charge is -2.34. The van der Waals surface area contributed by atoms with E-state index in [4.69, 9.17) is 9.47 Å². The third-order valence-electron chi connectivity index (χ3n) is 6.06. The maximum absolute atomic E-state index is 12.2. The number of aromatic nitrogens is 1. The summed E-state index contributed by atoms with van der Waals surface area (Å²) in [4.78, 5) is 21.1. The fourth-order valence-electron chi connectivity index (χ4n) is 4.60. The first-order valence-corrected chi connectivity index (χ1v) is 11.5. The number of thioether (sulfide) groups is 1. The summed E-state index contributed by atoms with van der Waals surface area (Å²) in [5.74, 6) is 2.15. The van der Waals surface area contributed by atoms with Gasteiger partial charge in [-0.15, -0.1) is 0 Å². The summed E-state index contributed by atoms with van der Waals surface area (Å²) in [6.07, 6.45) is 4.68. The number of likely N-dealkylation sites (tertiary alicyclic amines) is 2. The molecule has 6 nitrogen and oxygen atoms in total. The number of benzene rings is 1. The summed E-state index contributed by atoms with van der Waals surface area (Å²) in [6, 6.07) is 13.2. The van der Waals surface area contributed by atoms with Crippen LogP contribution in [0.5, 0.6) is 11.6 Å². The Bertz CT molecular complexity index is 891. The molecule has 0 saturated carbocycles. The summed E-state index contributed by atoms with van der Waals surface area (Å²) in [7, 11) is 0. The third-order valence-corrected chi connectivity index (χ3v) is 6.60. The number of carbonyl (C=O) groups excluding carboxylic acids is 1.